The maximum absolute atomic E-state index is 13.9. The number of rotatable bonds is 4. The second kappa shape index (κ2) is 8.07. The van der Waals surface area contributed by atoms with Gasteiger partial charge in [-0.1, -0.05) is 12.8 Å². The number of carbonyl (C=O) groups excluding carboxylic acids is 1. The van der Waals surface area contributed by atoms with Gasteiger partial charge in [-0.2, -0.15) is 18.3 Å². The zero-order chi connectivity index (χ0) is 21.5. The summed E-state index contributed by atoms with van der Waals surface area (Å²) in [6, 6.07) is 1.09. The molecule has 1 saturated carbocycles. The number of hydrogen-bond donors (Lipinski definition) is 2. The summed E-state index contributed by atoms with van der Waals surface area (Å²) in [5.74, 6) is 0.175. The first-order valence-corrected chi connectivity index (χ1v) is 10.8. The SMILES string of the molecule is CC(C)Nc1n[nH]c2nc([C@@H]3CCCN(C(=O)C4CCCC4)C3)cc(C(F)(F)F)c12. The van der Waals surface area contributed by atoms with E-state index in [4.69, 9.17) is 0 Å². The molecule has 4 rings (SSSR count). The van der Waals surface area contributed by atoms with Crippen LogP contribution in [0.3, 0.4) is 0 Å². The topological polar surface area (TPSA) is 73.9 Å². The van der Waals surface area contributed by atoms with E-state index < -0.39 is 11.7 Å². The van der Waals surface area contributed by atoms with Crippen LogP contribution in [0, 0.1) is 5.92 Å². The van der Waals surface area contributed by atoms with Crippen molar-refractivity contribution in [3.8, 4) is 0 Å². The Hall–Kier alpha value is -2.32. The normalized spacial score (nSPS) is 21.0. The summed E-state index contributed by atoms with van der Waals surface area (Å²) in [6.45, 7) is 4.78. The third kappa shape index (κ3) is 4.11. The number of carbonyl (C=O) groups is 1. The fraction of sp³-hybridized carbons (Fsp3) is 0.667. The van der Waals surface area contributed by atoms with Gasteiger partial charge in [-0.15, -0.1) is 0 Å². The van der Waals surface area contributed by atoms with Gasteiger partial charge >= 0.3 is 6.18 Å². The van der Waals surface area contributed by atoms with Gasteiger partial charge in [0.2, 0.25) is 5.91 Å². The average Bonchev–Trinajstić information content (AvgIpc) is 3.36. The van der Waals surface area contributed by atoms with Gasteiger partial charge in [-0.3, -0.25) is 9.89 Å². The minimum Gasteiger partial charge on any atom is -0.366 e. The molecule has 9 heteroatoms. The van der Waals surface area contributed by atoms with Gasteiger partial charge < -0.3 is 10.2 Å². The molecule has 2 aliphatic rings. The molecule has 2 aromatic rings. The minimum atomic E-state index is -4.53. The van der Waals surface area contributed by atoms with Gasteiger partial charge in [0.15, 0.2) is 11.5 Å². The summed E-state index contributed by atoms with van der Waals surface area (Å²) in [6.07, 6.45) is 0.954. The van der Waals surface area contributed by atoms with Crippen LogP contribution in [0.2, 0.25) is 0 Å². The fourth-order valence-corrected chi connectivity index (χ4v) is 4.71. The van der Waals surface area contributed by atoms with E-state index in [0.717, 1.165) is 44.6 Å². The first-order valence-electron chi connectivity index (χ1n) is 10.8. The number of alkyl halides is 3. The summed E-state index contributed by atoms with van der Waals surface area (Å²) in [7, 11) is 0. The number of aromatic amines is 1. The van der Waals surface area contributed by atoms with E-state index in [9.17, 15) is 18.0 Å². The van der Waals surface area contributed by atoms with Gasteiger partial charge in [0, 0.05) is 36.7 Å². The Labute approximate surface area is 173 Å². The molecule has 0 aromatic carbocycles. The van der Waals surface area contributed by atoms with E-state index in [1.54, 1.807) is 0 Å². The summed E-state index contributed by atoms with van der Waals surface area (Å²) in [5.41, 5.74) is -0.237. The van der Waals surface area contributed by atoms with Crippen molar-refractivity contribution in [1.82, 2.24) is 20.1 Å². The van der Waals surface area contributed by atoms with Crippen molar-refractivity contribution in [2.45, 2.75) is 70.5 Å². The molecule has 164 valence electrons. The molecule has 0 radical (unpaired) electrons. The molecular weight excluding hydrogens is 395 g/mol. The van der Waals surface area contributed by atoms with Gasteiger partial charge in [-0.05, 0) is 45.6 Å². The molecule has 3 heterocycles. The molecule has 1 amide bonds. The number of pyridine rings is 1. The summed E-state index contributed by atoms with van der Waals surface area (Å²) in [5, 5.41) is 9.61. The predicted molar refractivity (Wildman–Crippen MR) is 108 cm³/mol. The number of anilines is 1. The summed E-state index contributed by atoms with van der Waals surface area (Å²) >= 11 is 0. The lowest BCUT2D eigenvalue weighted by molar-refractivity contribution is -0.137. The molecule has 1 aliphatic carbocycles. The van der Waals surface area contributed by atoms with Crippen LogP contribution in [0.5, 0.6) is 0 Å². The molecule has 1 saturated heterocycles. The highest BCUT2D eigenvalue weighted by atomic mass is 19.4. The molecule has 0 unspecified atom stereocenters. The second-order valence-corrected chi connectivity index (χ2v) is 8.79. The van der Waals surface area contributed by atoms with Crippen molar-refractivity contribution in [3.63, 3.8) is 0 Å². The van der Waals surface area contributed by atoms with Crippen molar-refractivity contribution < 1.29 is 18.0 Å². The monoisotopic (exact) mass is 423 g/mol. The largest absolute Gasteiger partial charge is 0.417 e. The van der Waals surface area contributed by atoms with Gasteiger partial charge in [0.25, 0.3) is 0 Å². The van der Waals surface area contributed by atoms with E-state index in [0.29, 0.717) is 18.8 Å². The quantitative estimate of drug-likeness (QED) is 0.748. The Kier molecular flexibility index (Phi) is 5.63. The van der Waals surface area contributed by atoms with Crippen LogP contribution >= 0.6 is 0 Å². The molecule has 30 heavy (non-hydrogen) atoms. The van der Waals surface area contributed by atoms with E-state index in [2.05, 4.69) is 20.5 Å². The molecule has 1 aliphatic heterocycles. The molecular formula is C21H28F3N5O. The Balaban J connectivity index is 1.66. The van der Waals surface area contributed by atoms with Crippen LogP contribution in [0.25, 0.3) is 11.0 Å². The van der Waals surface area contributed by atoms with Crippen LogP contribution in [0.4, 0.5) is 19.0 Å². The number of nitrogens with one attached hydrogen (secondary N) is 2. The van der Waals surface area contributed by atoms with Crippen LogP contribution in [0.15, 0.2) is 6.07 Å². The zero-order valence-corrected chi connectivity index (χ0v) is 17.4. The van der Waals surface area contributed by atoms with Crippen LogP contribution < -0.4 is 5.32 Å². The molecule has 6 nitrogen and oxygen atoms in total. The van der Waals surface area contributed by atoms with E-state index in [-0.39, 0.29) is 40.6 Å². The minimum absolute atomic E-state index is 0.0327. The van der Waals surface area contributed by atoms with Crippen LogP contribution in [0.1, 0.15) is 69.5 Å². The molecule has 2 N–H and O–H groups in total. The first-order chi connectivity index (χ1) is 14.2. The van der Waals surface area contributed by atoms with Crippen molar-refractivity contribution >= 4 is 22.8 Å². The van der Waals surface area contributed by atoms with Gasteiger partial charge in [0.1, 0.15) is 0 Å². The number of H-pyrrole nitrogens is 1. The van der Waals surface area contributed by atoms with Crippen molar-refractivity contribution in [2.24, 2.45) is 5.92 Å². The van der Waals surface area contributed by atoms with Crippen LogP contribution in [-0.2, 0) is 11.0 Å². The standard InChI is InChI=1S/C21H28F3N5O/c1-12(2)25-18-17-15(21(22,23)24)10-16(26-19(17)28-27-18)14-8-5-9-29(11-14)20(30)13-6-3-4-7-13/h10,12-14H,3-9,11H2,1-2H3,(H2,25,26,27,28)/t14-/m1/s1. The number of fused-ring (bicyclic) bond motifs is 1. The smallest absolute Gasteiger partial charge is 0.366 e. The highest BCUT2D eigenvalue weighted by molar-refractivity contribution is 5.91. The maximum atomic E-state index is 13.9. The first kappa shape index (κ1) is 20.9. The zero-order valence-electron chi connectivity index (χ0n) is 17.4. The van der Waals surface area contributed by atoms with Crippen molar-refractivity contribution in [2.75, 3.05) is 18.4 Å². The molecule has 1 atom stereocenters. The van der Waals surface area contributed by atoms with Gasteiger partial charge in [0.05, 0.1) is 10.9 Å². The number of aromatic nitrogens is 3. The van der Waals surface area contributed by atoms with Gasteiger partial charge in [-0.25, -0.2) is 4.98 Å². The Morgan fingerprint density at radius 2 is 1.97 bits per heavy atom. The fourth-order valence-electron chi connectivity index (χ4n) is 4.71. The Bertz CT molecular complexity index is 917. The predicted octanol–water partition coefficient (Wildman–Crippen LogP) is 4.69. The molecule has 2 fully saturated rings. The second-order valence-electron chi connectivity index (χ2n) is 8.79. The van der Waals surface area contributed by atoms with E-state index in [1.807, 2.05) is 18.7 Å². The third-order valence-electron chi connectivity index (χ3n) is 6.14. The number of halogens is 3. The van der Waals surface area contributed by atoms with Crippen LogP contribution in [-0.4, -0.2) is 45.1 Å². The lowest BCUT2D eigenvalue weighted by Crippen LogP contribution is -2.42. The number of likely N-dealkylation sites (tertiary alicyclic amines) is 1. The van der Waals surface area contributed by atoms with E-state index >= 15 is 0 Å². The highest BCUT2D eigenvalue weighted by Crippen LogP contribution is 2.40. The molecule has 0 spiro atoms. The number of amides is 1. The number of hydrogen-bond acceptors (Lipinski definition) is 4. The summed E-state index contributed by atoms with van der Waals surface area (Å²) < 4.78 is 41.7. The highest BCUT2D eigenvalue weighted by Gasteiger charge is 2.37. The summed E-state index contributed by atoms with van der Waals surface area (Å²) in [4.78, 5) is 19.2. The third-order valence-corrected chi connectivity index (χ3v) is 6.14. The Morgan fingerprint density at radius 3 is 2.63 bits per heavy atom. The number of piperidine rings is 1. The van der Waals surface area contributed by atoms with E-state index in [1.165, 1.54) is 0 Å². The molecule has 2 aromatic heterocycles. The Morgan fingerprint density at radius 1 is 1.23 bits per heavy atom. The molecule has 0 bridgehead atoms. The maximum Gasteiger partial charge on any atom is 0.417 e. The number of nitrogens with zero attached hydrogens (tertiary/aromatic N) is 3. The lowest BCUT2D eigenvalue weighted by atomic mass is 9.91. The van der Waals surface area contributed by atoms with Crippen molar-refractivity contribution in [3.05, 3.63) is 17.3 Å². The van der Waals surface area contributed by atoms with Crippen molar-refractivity contribution in [1.29, 1.82) is 0 Å². The lowest BCUT2D eigenvalue weighted by Gasteiger charge is -2.34. The average molecular weight is 423 g/mol.